The predicted octanol–water partition coefficient (Wildman–Crippen LogP) is 2.47. The molecule has 1 aliphatic carbocycles. The first kappa shape index (κ1) is 7.52. The fourth-order valence-electron chi connectivity index (χ4n) is 1.38. The van der Waals surface area contributed by atoms with Crippen LogP contribution >= 0.6 is 0 Å². The van der Waals surface area contributed by atoms with E-state index in [0.29, 0.717) is 6.42 Å². The predicted molar refractivity (Wildman–Crippen MR) is 41.8 cm³/mol. The van der Waals surface area contributed by atoms with Gasteiger partial charge in [0.1, 0.15) is 6.29 Å². The van der Waals surface area contributed by atoms with Crippen LogP contribution in [-0.4, -0.2) is 6.29 Å². The summed E-state index contributed by atoms with van der Waals surface area (Å²) in [5.41, 5.74) is 1.50. The lowest BCUT2D eigenvalue weighted by atomic mass is 9.96. The van der Waals surface area contributed by atoms with Gasteiger partial charge in [-0.2, -0.15) is 0 Å². The standard InChI is InChI=1S/C9H14O/c10-8-4-7-9-5-2-1-3-6-9/h5,8H,1-4,6-7H2. The summed E-state index contributed by atoms with van der Waals surface area (Å²) >= 11 is 0. The van der Waals surface area contributed by atoms with Crippen LogP contribution in [0, 0.1) is 0 Å². The van der Waals surface area contributed by atoms with Gasteiger partial charge < -0.3 is 4.79 Å². The van der Waals surface area contributed by atoms with Crippen molar-refractivity contribution in [1.29, 1.82) is 0 Å². The third-order valence-electron chi connectivity index (χ3n) is 1.97. The molecule has 0 heterocycles. The van der Waals surface area contributed by atoms with E-state index in [9.17, 15) is 4.79 Å². The average molecular weight is 138 g/mol. The second kappa shape index (κ2) is 4.26. The number of hydrogen-bond acceptors (Lipinski definition) is 1. The highest BCUT2D eigenvalue weighted by atomic mass is 16.1. The molecule has 0 aliphatic heterocycles. The summed E-state index contributed by atoms with van der Waals surface area (Å²) in [6.45, 7) is 0. The molecule has 56 valence electrons. The van der Waals surface area contributed by atoms with E-state index >= 15 is 0 Å². The maximum absolute atomic E-state index is 10.0. The molecule has 0 radical (unpaired) electrons. The molecule has 0 amide bonds. The first-order valence-corrected chi connectivity index (χ1v) is 4.05. The van der Waals surface area contributed by atoms with Crippen molar-refractivity contribution in [2.45, 2.75) is 38.5 Å². The highest BCUT2D eigenvalue weighted by molar-refractivity contribution is 5.49. The molecule has 0 aromatic rings. The van der Waals surface area contributed by atoms with E-state index in [0.717, 1.165) is 12.7 Å². The maximum Gasteiger partial charge on any atom is 0.120 e. The molecule has 10 heavy (non-hydrogen) atoms. The van der Waals surface area contributed by atoms with Gasteiger partial charge in [-0.3, -0.25) is 0 Å². The minimum absolute atomic E-state index is 0.714. The first-order valence-electron chi connectivity index (χ1n) is 4.05. The van der Waals surface area contributed by atoms with Gasteiger partial charge >= 0.3 is 0 Å². The molecule has 0 aromatic heterocycles. The summed E-state index contributed by atoms with van der Waals surface area (Å²) in [4.78, 5) is 10.0. The third-order valence-corrected chi connectivity index (χ3v) is 1.97. The Hall–Kier alpha value is -0.590. The summed E-state index contributed by atoms with van der Waals surface area (Å²) in [7, 11) is 0. The molecule has 0 unspecified atom stereocenters. The number of carbonyl (C=O) groups excluding carboxylic acids is 1. The van der Waals surface area contributed by atoms with Crippen molar-refractivity contribution >= 4 is 6.29 Å². The van der Waals surface area contributed by atoms with Gasteiger partial charge in [-0.05, 0) is 32.1 Å². The highest BCUT2D eigenvalue weighted by Crippen LogP contribution is 2.20. The van der Waals surface area contributed by atoms with Crippen LogP contribution in [0.15, 0.2) is 11.6 Å². The van der Waals surface area contributed by atoms with Crippen molar-refractivity contribution < 1.29 is 4.79 Å². The molecule has 1 heteroatoms. The van der Waals surface area contributed by atoms with Crippen molar-refractivity contribution in [2.75, 3.05) is 0 Å². The summed E-state index contributed by atoms with van der Waals surface area (Å²) in [6, 6.07) is 0. The van der Waals surface area contributed by atoms with Crippen LogP contribution in [0.3, 0.4) is 0 Å². The van der Waals surface area contributed by atoms with Crippen molar-refractivity contribution in [1.82, 2.24) is 0 Å². The molecular formula is C9H14O. The quantitative estimate of drug-likeness (QED) is 0.432. The highest BCUT2D eigenvalue weighted by Gasteiger charge is 2.01. The first-order chi connectivity index (χ1) is 4.93. The van der Waals surface area contributed by atoms with E-state index in [1.54, 1.807) is 0 Å². The summed E-state index contributed by atoms with van der Waals surface area (Å²) < 4.78 is 0. The number of aldehydes is 1. The van der Waals surface area contributed by atoms with E-state index < -0.39 is 0 Å². The minimum atomic E-state index is 0.714. The average Bonchev–Trinajstić information content (AvgIpc) is 2.03. The van der Waals surface area contributed by atoms with Gasteiger partial charge in [-0.15, -0.1) is 0 Å². The smallest absolute Gasteiger partial charge is 0.120 e. The molecule has 0 N–H and O–H groups in total. The molecule has 0 bridgehead atoms. The Labute approximate surface area is 62.1 Å². The molecule has 1 rings (SSSR count). The van der Waals surface area contributed by atoms with Crippen LogP contribution in [0.2, 0.25) is 0 Å². The lowest BCUT2D eigenvalue weighted by Crippen LogP contribution is -1.91. The van der Waals surface area contributed by atoms with Crippen molar-refractivity contribution in [3.63, 3.8) is 0 Å². The van der Waals surface area contributed by atoms with Crippen LogP contribution in [0.4, 0.5) is 0 Å². The van der Waals surface area contributed by atoms with Gasteiger partial charge in [0, 0.05) is 6.42 Å². The van der Waals surface area contributed by atoms with E-state index in [1.807, 2.05) is 0 Å². The molecule has 0 spiro atoms. The number of hydrogen-bond donors (Lipinski definition) is 0. The SMILES string of the molecule is O=CCCC1=CCCCC1. The number of allylic oxidation sites excluding steroid dienone is 2. The Morgan fingerprint density at radius 2 is 2.40 bits per heavy atom. The van der Waals surface area contributed by atoms with Crippen molar-refractivity contribution in [3.8, 4) is 0 Å². The van der Waals surface area contributed by atoms with Gasteiger partial charge in [0.25, 0.3) is 0 Å². The Morgan fingerprint density at radius 1 is 1.50 bits per heavy atom. The minimum Gasteiger partial charge on any atom is -0.303 e. The fourth-order valence-corrected chi connectivity index (χ4v) is 1.38. The van der Waals surface area contributed by atoms with Crippen LogP contribution in [0.1, 0.15) is 38.5 Å². The molecule has 1 aliphatic rings. The Balaban J connectivity index is 2.24. The second-order valence-corrected chi connectivity index (χ2v) is 2.81. The molecule has 1 nitrogen and oxygen atoms in total. The fraction of sp³-hybridized carbons (Fsp3) is 0.667. The summed E-state index contributed by atoms with van der Waals surface area (Å²) in [5, 5.41) is 0. The monoisotopic (exact) mass is 138 g/mol. The molecule has 0 fully saturated rings. The van der Waals surface area contributed by atoms with Crippen molar-refractivity contribution in [2.24, 2.45) is 0 Å². The molecule has 0 aromatic carbocycles. The van der Waals surface area contributed by atoms with Crippen LogP contribution in [-0.2, 0) is 4.79 Å². The van der Waals surface area contributed by atoms with Gasteiger partial charge in [0.15, 0.2) is 0 Å². The summed E-state index contributed by atoms with van der Waals surface area (Å²) in [6.07, 6.45) is 10.1. The van der Waals surface area contributed by atoms with Crippen molar-refractivity contribution in [3.05, 3.63) is 11.6 Å². The zero-order valence-corrected chi connectivity index (χ0v) is 6.31. The van der Waals surface area contributed by atoms with E-state index in [-0.39, 0.29) is 0 Å². The zero-order chi connectivity index (χ0) is 7.23. The Kier molecular flexibility index (Phi) is 3.20. The largest absolute Gasteiger partial charge is 0.303 e. The zero-order valence-electron chi connectivity index (χ0n) is 6.31. The Bertz CT molecular complexity index is 136. The molecular weight excluding hydrogens is 124 g/mol. The van der Waals surface area contributed by atoms with E-state index in [4.69, 9.17) is 0 Å². The lowest BCUT2D eigenvalue weighted by molar-refractivity contribution is -0.107. The maximum atomic E-state index is 10.0. The van der Waals surface area contributed by atoms with E-state index in [1.165, 1.54) is 31.3 Å². The Morgan fingerprint density at radius 3 is 3.00 bits per heavy atom. The summed E-state index contributed by atoms with van der Waals surface area (Å²) in [5.74, 6) is 0. The normalized spacial score (nSPS) is 18.2. The third kappa shape index (κ3) is 2.34. The van der Waals surface area contributed by atoms with Crippen LogP contribution in [0.5, 0.6) is 0 Å². The van der Waals surface area contributed by atoms with Crippen LogP contribution < -0.4 is 0 Å². The number of carbonyl (C=O) groups is 1. The van der Waals surface area contributed by atoms with Crippen LogP contribution in [0.25, 0.3) is 0 Å². The molecule has 0 saturated heterocycles. The lowest BCUT2D eigenvalue weighted by Gasteiger charge is -2.10. The van der Waals surface area contributed by atoms with Gasteiger partial charge in [0.05, 0.1) is 0 Å². The van der Waals surface area contributed by atoms with Gasteiger partial charge in [-0.25, -0.2) is 0 Å². The topological polar surface area (TPSA) is 17.1 Å². The van der Waals surface area contributed by atoms with E-state index in [2.05, 4.69) is 6.08 Å². The van der Waals surface area contributed by atoms with Gasteiger partial charge in [-0.1, -0.05) is 11.6 Å². The number of rotatable bonds is 3. The molecule has 0 atom stereocenters. The second-order valence-electron chi connectivity index (χ2n) is 2.81. The van der Waals surface area contributed by atoms with Gasteiger partial charge in [0.2, 0.25) is 0 Å². The molecule has 0 saturated carbocycles.